The average molecular weight is 252 g/mol. The second-order valence-electron chi connectivity index (χ2n) is 6.70. The van der Waals surface area contributed by atoms with Gasteiger partial charge < -0.3 is 9.47 Å². The van der Waals surface area contributed by atoms with Crippen molar-refractivity contribution in [2.24, 2.45) is 11.8 Å². The lowest BCUT2D eigenvalue weighted by Gasteiger charge is -2.36. The maximum absolute atomic E-state index is 12.4. The predicted molar refractivity (Wildman–Crippen MR) is 68.1 cm³/mol. The molecule has 1 heterocycles. The second-order valence-corrected chi connectivity index (χ2v) is 6.70. The van der Waals surface area contributed by atoms with Crippen LogP contribution < -0.4 is 0 Å². The van der Waals surface area contributed by atoms with Gasteiger partial charge in [0.25, 0.3) is 0 Å². The van der Waals surface area contributed by atoms with Crippen LogP contribution in [-0.4, -0.2) is 23.8 Å². The quantitative estimate of drug-likeness (QED) is 0.560. The molecule has 0 aromatic carbocycles. The molecular weight excluding hydrogens is 228 g/mol. The van der Waals surface area contributed by atoms with Gasteiger partial charge in [-0.1, -0.05) is 13.3 Å². The summed E-state index contributed by atoms with van der Waals surface area (Å²) in [5.41, 5.74) is -0.198. The lowest BCUT2D eigenvalue weighted by Crippen LogP contribution is -2.39. The van der Waals surface area contributed by atoms with Gasteiger partial charge in [-0.05, 0) is 51.4 Å². The Hall–Kier alpha value is -0.570. The van der Waals surface area contributed by atoms with Crippen LogP contribution in [-0.2, 0) is 14.3 Å². The summed E-state index contributed by atoms with van der Waals surface area (Å²) in [5.74, 6) is 0.502. The fourth-order valence-electron chi connectivity index (χ4n) is 3.66. The van der Waals surface area contributed by atoms with E-state index in [0.29, 0.717) is 18.1 Å². The molecule has 0 amide bonds. The third-order valence-corrected chi connectivity index (χ3v) is 5.03. The molecule has 2 saturated carbocycles. The fourth-order valence-corrected chi connectivity index (χ4v) is 3.66. The summed E-state index contributed by atoms with van der Waals surface area (Å²) in [6.45, 7) is 4.26. The Labute approximate surface area is 109 Å². The van der Waals surface area contributed by atoms with Gasteiger partial charge in [0.05, 0.1) is 18.1 Å². The number of rotatable bonds is 2. The van der Waals surface area contributed by atoms with E-state index in [1.54, 1.807) is 0 Å². The van der Waals surface area contributed by atoms with Crippen molar-refractivity contribution in [2.45, 2.75) is 76.6 Å². The van der Waals surface area contributed by atoms with Gasteiger partial charge in [0.1, 0.15) is 5.60 Å². The zero-order chi connectivity index (χ0) is 12.8. The first-order chi connectivity index (χ1) is 8.57. The molecule has 0 aromatic rings. The van der Waals surface area contributed by atoms with Gasteiger partial charge in [-0.2, -0.15) is 0 Å². The molecule has 1 aliphatic heterocycles. The van der Waals surface area contributed by atoms with Gasteiger partial charge in [-0.25, -0.2) is 0 Å². The molecule has 1 saturated heterocycles. The molecule has 0 N–H and O–H groups in total. The Morgan fingerprint density at radius 3 is 2.56 bits per heavy atom. The third-order valence-electron chi connectivity index (χ3n) is 5.03. The van der Waals surface area contributed by atoms with Crippen LogP contribution in [0.2, 0.25) is 0 Å². The van der Waals surface area contributed by atoms with Crippen LogP contribution in [0, 0.1) is 11.8 Å². The van der Waals surface area contributed by atoms with E-state index in [9.17, 15) is 4.79 Å². The van der Waals surface area contributed by atoms with Crippen LogP contribution in [0.15, 0.2) is 0 Å². The van der Waals surface area contributed by atoms with Gasteiger partial charge in [0, 0.05) is 0 Å². The van der Waals surface area contributed by atoms with Gasteiger partial charge in [0.2, 0.25) is 0 Å². The minimum atomic E-state index is -0.198. The molecule has 102 valence electrons. The standard InChI is InChI=1S/C15H24O3/c1-10-8-12-13(17-12)9-11(10)14(16)18-15(2)6-4-3-5-7-15/h10-13H,3-9H2,1-2H3. The minimum absolute atomic E-state index is 0.0286. The van der Waals surface area contributed by atoms with Gasteiger partial charge in [0.15, 0.2) is 0 Å². The van der Waals surface area contributed by atoms with E-state index in [4.69, 9.17) is 9.47 Å². The number of fused-ring (bicyclic) bond motifs is 1. The number of carbonyl (C=O) groups excluding carboxylic acids is 1. The van der Waals surface area contributed by atoms with Crippen molar-refractivity contribution < 1.29 is 14.3 Å². The number of ether oxygens (including phenoxy) is 2. The highest BCUT2D eigenvalue weighted by Crippen LogP contribution is 2.44. The zero-order valence-corrected chi connectivity index (χ0v) is 11.5. The fraction of sp³-hybridized carbons (Fsp3) is 0.933. The lowest BCUT2D eigenvalue weighted by molar-refractivity contribution is -0.169. The topological polar surface area (TPSA) is 38.8 Å². The van der Waals surface area contributed by atoms with Crippen LogP contribution in [0.5, 0.6) is 0 Å². The number of carbonyl (C=O) groups is 1. The number of hydrogen-bond acceptors (Lipinski definition) is 3. The van der Waals surface area contributed by atoms with Gasteiger partial charge in [-0.3, -0.25) is 4.79 Å². The Morgan fingerprint density at radius 2 is 1.83 bits per heavy atom. The van der Waals surface area contributed by atoms with Gasteiger partial charge in [-0.15, -0.1) is 0 Å². The molecular formula is C15H24O3. The Bertz CT molecular complexity index is 333. The smallest absolute Gasteiger partial charge is 0.309 e. The molecule has 3 fully saturated rings. The molecule has 0 bridgehead atoms. The lowest BCUT2D eigenvalue weighted by atomic mass is 9.80. The van der Waals surface area contributed by atoms with Crippen molar-refractivity contribution in [1.82, 2.24) is 0 Å². The Balaban J connectivity index is 1.59. The summed E-state index contributed by atoms with van der Waals surface area (Å²) in [7, 11) is 0. The van der Waals surface area contributed by atoms with Crippen molar-refractivity contribution in [1.29, 1.82) is 0 Å². The Morgan fingerprint density at radius 1 is 1.17 bits per heavy atom. The highest BCUT2D eigenvalue weighted by atomic mass is 16.6. The normalized spacial score (nSPS) is 41.9. The molecule has 18 heavy (non-hydrogen) atoms. The summed E-state index contributed by atoms with van der Waals surface area (Å²) in [6.07, 6.45) is 8.42. The highest BCUT2D eigenvalue weighted by molar-refractivity contribution is 5.73. The monoisotopic (exact) mass is 252 g/mol. The zero-order valence-electron chi connectivity index (χ0n) is 11.5. The predicted octanol–water partition coefficient (Wildman–Crippen LogP) is 3.07. The first-order valence-corrected chi connectivity index (χ1v) is 7.46. The van der Waals surface area contributed by atoms with E-state index in [-0.39, 0.29) is 17.5 Å². The van der Waals surface area contributed by atoms with Crippen molar-refractivity contribution in [2.75, 3.05) is 0 Å². The van der Waals surface area contributed by atoms with E-state index >= 15 is 0 Å². The molecule has 0 aromatic heterocycles. The summed E-state index contributed by atoms with van der Waals surface area (Å²) in [6, 6.07) is 0. The molecule has 2 aliphatic carbocycles. The molecule has 4 unspecified atom stereocenters. The maximum atomic E-state index is 12.4. The van der Waals surface area contributed by atoms with Crippen LogP contribution in [0.25, 0.3) is 0 Å². The van der Waals surface area contributed by atoms with Crippen LogP contribution in [0.1, 0.15) is 58.8 Å². The van der Waals surface area contributed by atoms with E-state index < -0.39 is 0 Å². The van der Waals surface area contributed by atoms with Gasteiger partial charge >= 0.3 is 5.97 Å². The minimum Gasteiger partial charge on any atom is -0.459 e. The molecule has 3 heteroatoms. The SMILES string of the molecule is CC1CC2OC2CC1C(=O)OC1(C)CCCCC1. The molecule has 0 spiro atoms. The largest absolute Gasteiger partial charge is 0.459 e. The third kappa shape index (κ3) is 2.42. The summed E-state index contributed by atoms with van der Waals surface area (Å²) < 4.78 is 11.4. The molecule has 3 rings (SSSR count). The van der Waals surface area contributed by atoms with E-state index in [2.05, 4.69) is 13.8 Å². The van der Waals surface area contributed by atoms with Crippen LogP contribution in [0.3, 0.4) is 0 Å². The maximum Gasteiger partial charge on any atom is 0.309 e. The molecule has 3 aliphatic rings. The van der Waals surface area contributed by atoms with Crippen molar-refractivity contribution >= 4 is 5.97 Å². The first kappa shape index (κ1) is 12.5. The molecule has 4 atom stereocenters. The molecule has 0 radical (unpaired) electrons. The highest BCUT2D eigenvalue weighted by Gasteiger charge is 2.50. The van der Waals surface area contributed by atoms with E-state index in [1.807, 2.05) is 0 Å². The number of epoxide rings is 1. The first-order valence-electron chi connectivity index (χ1n) is 7.46. The van der Waals surface area contributed by atoms with Crippen molar-refractivity contribution in [3.8, 4) is 0 Å². The number of hydrogen-bond donors (Lipinski definition) is 0. The van der Waals surface area contributed by atoms with Crippen LogP contribution in [0.4, 0.5) is 0 Å². The summed E-state index contributed by atoms with van der Waals surface area (Å²) in [4.78, 5) is 12.4. The van der Waals surface area contributed by atoms with E-state index in [1.165, 1.54) is 19.3 Å². The Kier molecular flexibility index (Phi) is 3.13. The van der Waals surface area contributed by atoms with Crippen LogP contribution >= 0.6 is 0 Å². The molecule has 3 nitrogen and oxygen atoms in total. The second kappa shape index (κ2) is 4.52. The van der Waals surface area contributed by atoms with Crippen molar-refractivity contribution in [3.63, 3.8) is 0 Å². The number of esters is 1. The summed E-state index contributed by atoms with van der Waals surface area (Å²) >= 11 is 0. The van der Waals surface area contributed by atoms with E-state index in [0.717, 1.165) is 25.7 Å². The summed E-state index contributed by atoms with van der Waals surface area (Å²) in [5, 5.41) is 0. The average Bonchev–Trinajstić information content (AvgIpc) is 3.06. The van der Waals surface area contributed by atoms with Crippen molar-refractivity contribution in [3.05, 3.63) is 0 Å².